The van der Waals surface area contributed by atoms with Crippen LogP contribution < -0.4 is 11.1 Å². The Balaban J connectivity index is 1.84. The molecule has 13 nitrogen and oxygen atoms in total. The van der Waals surface area contributed by atoms with Gasteiger partial charge in [-0.2, -0.15) is 0 Å². The number of carbonyl (C=O) groups is 3. The highest BCUT2D eigenvalue weighted by Crippen LogP contribution is 2.32. The van der Waals surface area contributed by atoms with E-state index in [0.29, 0.717) is 0 Å². The van der Waals surface area contributed by atoms with E-state index in [0.717, 1.165) is 16.3 Å². The average Bonchev–Trinajstić information content (AvgIpc) is 3.41. The quantitative estimate of drug-likeness (QED) is 0.163. The van der Waals surface area contributed by atoms with Gasteiger partial charge in [-0.3, -0.25) is 9.59 Å². The maximum Gasteiger partial charge on any atom is 0.355 e. The topological polar surface area (TPSA) is 185 Å². The third-order valence-corrected chi connectivity index (χ3v) is 7.40. The lowest BCUT2D eigenvalue weighted by Gasteiger charge is -2.18. The van der Waals surface area contributed by atoms with Gasteiger partial charge in [0.2, 0.25) is 0 Å². The Hall–Kier alpha value is -2.69. The smallest absolute Gasteiger partial charge is 0.355 e. The number of carboxylic acid groups (broad SMARTS) is 1. The summed E-state index contributed by atoms with van der Waals surface area (Å²) in [6.07, 6.45) is 1.77. The van der Waals surface area contributed by atoms with E-state index in [9.17, 15) is 27.9 Å². The molecule has 2 aliphatic rings. The van der Waals surface area contributed by atoms with Crippen molar-refractivity contribution in [1.82, 2.24) is 20.3 Å². The van der Waals surface area contributed by atoms with Gasteiger partial charge >= 0.3 is 5.97 Å². The number of thioether (sulfide) groups is 1. The highest BCUT2D eigenvalue weighted by Gasteiger charge is 2.50. The fourth-order valence-corrected chi connectivity index (χ4v) is 4.98. The number of hydrogen-bond acceptors (Lipinski definition) is 12. The number of carboxylic acids is 1. The van der Waals surface area contributed by atoms with Gasteiger partial charge in [0.1, 0.15) is 11.7 Å². The number of hydrogen-bond donors (Lipinski definition) is 3. The predicted molar refractivity (Wildman–Crippen MR) is 117 cm³/mol. The number of carbonyl (C=O) groups excluding carboxylic acids is 2. The van der Waals surface area contributed by atoms with Crippen LogP contribution in [0.1, 0.15) is 12.6 Å². The first-order valence-corrected chi connectivity index (χ1v) is 13.0. The minimum Gasteiger partial charge on any atom is -0.476 e. The van der Waals surface area contributed by atoms with Crippen LogP contribution in [0.4, 0.5) is 5.13 Å². The first kappa shape index (κ1) is 24.0. The second-order valence-electron chi connectivity index (χ2n) is 6.55. The number of fused-ring (bicyclic) bond motifs is 1. The molecule has 1 atom stereocenters. The lowest BCUT2D eigenvalue weighted by molar-refractivity contribution is -0.143. The Labute approximate surface area is 191 Å². The normalized spacial score (nSPS) is 19.4. The number of thiazole rings is 1. The lowest BCUT2D eigenvalue weighted by atomic mass is 10.2. The van der Waals surface area contributed by atoms with Crippen molar-refractivity contribution in [1.29, 1.82) is 0 Å². The molecule has 174 valence electrons. The fraction of sp³-hybridized carbons (Fsp3) is 0.438. The molecule has 3 heterocycles. The molecule has 1 saturated heterocycles. The van der Waals surface area contributed by atoms with Gasteiger partial charge < -0.3 is 21.0 Å². The number of aliphatic carboxylic acids is 1. The van der Waals surface area contributed by atoms with Gasteiger partial charge in [-0.15, -0.1) is 23.1 Å². The molecule has 1 aromatic rings. The maximum absolute atomic E-state index is 12.9. The summed E-state index contributed by atoms with van der Waals surface area (Å²) in [6.45, 7) is 0.981. The van der Waals surface area contributed by atoms with Crippen molar-refractivity contribution in [2.45, 2.75) is 13.0 Å². The van der Waals surface area contributed by atoms with Gasteiger partial charge in [-0.25, -0.2) is 28.2 Å². The second kappa shape index (κ2) is 9.43. The monoisotopic (exact) mass is 504 g/mol. The molecule has 0 radical (unpaired) electrons. The molecule has 0 spiro atoms. The summed E-state index contributed by atoms with van der Waals surface area (Å²) >= 11 is 2.41. The molecule has 16 heteroatoms. The lowest BCUT2D eigenvalue weighted by Crippen LogP contribution is -2.46. The number of anilines is 1. The molecule has 0 aromatic carbocycles. The molecule has 0 unspecified atom stereocenters. The van der Waals surface area contributed by atoms with E-state index in [-0.39, 0.29) is 46.2 Å². The molecule has 1 aromatic heterocycles. The van der Waals surface area contributed by atoms with Gasteiger partial charge in [0.15, 0.2) is 32.3 Å². The molecule has 1 fully saturated rings. The van der Waals surface area contributed by atoms with Crippen molar-refractivity contribution < 1.29 is 32.7 Å². The number of sulfone groups is 1. The van der Waals surface area contributed by atoms with Gasteiger partial charge in [-0.1, -0.05) is 12.1 Å². The van der Waals surface area contributed by atoms with Crippen molar-refractivity contribution >= 4 is 61.6 Å². The Morgan fingerprint density at radius 2 is 2.22 bits per heavy atom. The maximum atomic E-state index is 12.9. The summed E-state index contributed by atoms with van der Waals surface area (Å²) in [5.41, 5.74) is 4.94. The molecule has 4 N–H and O–H groups in total. The number of rotatable bonds is 9. The fourth-order valence-electron chi connectivity index (χ4n) is 3.11. The largest absolute Gasteiger partial charge is 0.476 e. The van der Waals surface area contributed by atoms with Crippen LogP contribution in [0.2, 0.25) is 0 Å². The van der Waals surface area contributed by atoms with Crippen LogP contribution in [-0.2, 0) is 29.1 Å². The Kier molecular flexibility index (Phi) is 7.06. The number of hydrazine groups is 1. The van der Waals surface area contributed by atoms with Gasteiger partial charge in [0, 0.05) is 11.9 Å². The molecule has 2 amide bonds. The first-order valence-electron chi connectivity index (χ1n) is 9.09. The zero-order chi connectivity index (χ0) is 23.6. The molecule has 3 rings (SSSR count). The SMILES string of the molecule is CCS(=O)(=O)C1=C(C(=O)O)N2C(=O)[C@@H](NC(=O)/C(=N/OCSC)c3csc(N)n3)CN2C1. The van der Waals surface area contributed by atoms with Crippen LogP contribution in [0.25, 0.3) is 0 Å². The number of nitrogens with one attached hydrogen (secondary N) is 1. The number of oxime groups is 1. The summed E-state index contributed by atoms with van der Waals surface area (Å²) in [4.78, 5) is 46.2. The molecule has 2 aliphatic heterocycles. The number of amides is 2. The highest BCUT2D eigenvalue weighted by molar-refractivity contribution is 7.98. The number of aromatic nitrogens is 1. The Morgan fingerprint density at radius 1 is 1.50 bits per heavy atom. The summed E-state index contributed by atoms with van der Waals surface area (Å²) in [5, 5.41) is 19.6. The molecular formula is C16H20N6O7S3. The molecular weight excluding hydrogens is 484 g/mol. The predicted octanol–water partition coefficient (Wildman–Crippen LogP) is -0.945. The molecule has 0 bridgehead atoms. The number of nitrogens with two attached hydrogens (primary N) is 1. The van der Waals surface area contributed by atoms with Crippen LogP contribution >= 0.6 is 23.1 Å². The Bertz CT molecular complexity index is 1110. The zero-order valence-corrected chi connectivity index (χ0v) is 19.4. The van der Waals surface area contributed by atoms with E-state index in [1.807, 2.05) is 0 Å². The van der Waals surface area contributed by atoms with Gasteiger partial charge in [0.25, 0.3) is 11.8 Å². The van der Waals surface area contributed by atoms with Crippen LogP contribution in [0.15, 0.2) is 21.1 Å². The average molecular weight is 505 g/mol. The van der Waals surface area contributed by atoms with Gasteiger partial charge in [0.05, 0.1) is 17.2 Å². The summed E-state index contributed by atoms with van der Waals surface area (Å²) < 4.78 is 24.6. The van der Waals surface area contributed by atoms with Crippen LogP contribution in [-0.4, -0.2) is 89.1 Å². The minimum atomic E-state index is -3.84. The first-order chi connectivity index (χ1) is 15.1. The summed E-state index contributed by atoms with van der Waals surface area (Å²) in [7, 11) is -3.84. The molecule has 32 heavy (non-hydrogen) atoms. The molecule has 0 saturated carbocycles. The van der Waals surface area contributed by atoms with Crippen molar-refractivity contribution in [2.24, 2.45) is 5.16 Å². The van der Waals surface area contributed by atoms with Crippen molar-refractivity contribution in [3.05, 3.63) is 21.7 Å². The van der Waals surface area contributed by atoms with E-state index in [1.165, 1.54) is 29.1 Å². The van der Waals surface area contributed by atoms with Crippen molar-refractivity contribution in [3.63, 3.8) is 0 Å². The second-order valence-corrected chi connectivity index (χ2v) is 10.6. The summed E-state index contributed by atoms with van der Waals surface area (Å²) in [5.74, 6) is -3.24. The minimum absolute atomic E-state index is 0.123. The van der Waals surface area contributed by atoms with Crippen LogP contribution in [0.5, 0.6) is 0 Å². The van der Waals surface area contributed by atoms with E-state index in [4.69, 9.17) is 10.6 Å². The third kappa shape index (κ3) is 4.57. The third-order valence-electron chi connectivity index (χ3n) is 4.55. The standard InChI is InChI=1S/C16H20N6O7S3/c1-3-32(27,28)10-5-21-4-8(14(24)22(21)12(10)15(25)26)18-13(23)11(20-29-7-30-2)9-6-31-16(17)19-9/h6,8H,3-5,7H2,1-2H3,(H2,17,19)(H,18,23)(H,25,26)/b20-11+/t8-/m0/s1. The highest BCUT2D eigenvalue weighted by atomic mass is 32.2. The van der Waals surface area contributed by atoms with E-state index >= 15 is 0 Å². The van der Waals surface area contributed by atoms with Crippen LogP contribution in [0.3, 0.4) is 0 Å². The van der Waals surface area contributed by atoms with Gasteiger partial charge in [-0.05, 0) is 6.26 Å². The van der Waals surface area contributed by atoms with Crippen LogP contribution in [0, 0.1) is 0 Å². The van der Waals surface area contributed by atoms with Crippen molar-refractivity contribution in [2.75, 3.05) is 36.8 Å². The summed E-state index contributed by atoms with van der Waals surface area (Å²) in [6, 6.07) is -1.13. The number of nitrogens with zero attached hydrogens (tertiary/aromatic N) is 4. The Morgan fingerprint density at radius 3 is 2.78 bits per heavy atom. The van der Waals surface area contributed by atoms with E-state index in [1.54, 1.807) is 6.26 Å². The van der Waals surface area contributed by atoms with E-state index in [2.05, 4.69) is 15.5 Å². The zero-order valence-electron chi connectivity index (χ0n) is 17.0. The van der Waals surface area contributed by atoms with Crippen molar-refractivity contribution in [3.8, 4) is 0 Å². The number of nitrogen functional groups attached to an aromatic ring is 1. The van der Waals surface area contributed by atoms with E-state index < -0.39 is 39.4 Å². The molecule has 0 aliphatic carbocycles.